The quantitative estimate of drug-likeness (QED) is 0.721. The molecule has 4 rings (SSSR count). The van der Waals surface area contributed by atoms with Gasteiger partial charge in [-0.05, 0) is 35.9 Å². The van der Waals surface area contributed by atoms with E-state index in [9.17, 15) is 13.2 Å². The minimum atomic E-state index is -3.80. The van der Waals surface area contributed by atoms with Gasteiger partial charge in [0.1, 0.15) is 10.6 Å². The van der Waals surface area contributed by atoms with Crippen LogP contribution in [0, 0.1) is 0 Å². The second-order valence-electron chi connectivity index (χ2n) is 6.03. The van der Waals surface area contributed by atoms with Crippen molar-refractivity contribution in [2.75, 3.05) is 5.32 Å². The molecule has 0 atom stereocenters. The van der Waals surface area contributed by atoms with Crippen molar-refractivity contribution in [2.45, 2.75) is 18.0 Å². The summed E-state index contributed by atoms with van der Waals surface area (Å²) >= 11 is 0. The first-order valence-electron chi connectivity index (χ1n) is 8.01. The Balaban J connectivity index is 1.60. The summed E-state index contributed by atoms with van der Waals surface area (Å²) in [6.45, 7) is 1.16. The van der Waals surface area contributed by atoms with Crippen LogP contribution in [0.2, 0.25) is 0 Å². The Labute approximate surface area is 150 Å². The largest absolute Gasteiger partial charge is 0.319 e. The zero-order chi connectivity index (χ0) is 18.3. The monoisotopic (exact) mass is 371 g/mol. The Morgan fingerprint density at radius 2 is 2.04 bits per heavy atom. The van der Waals surface area contributed by atoms with E-state index in [1.807, 2.05) is 13.1 Å². The highest BCUT2D eigenvalue weighted by molar-refractivity contribution is 7.90. The molecule has 1 aliphatic heterocycles. The molecule has 1 amide bonds. The summed E-state index contributed by atoms with van der Waals surface area (Å²) in [7, 11) is -1.93. The van der Waals surface area contributed by atoms with Crippen LogP contribution in [0.1, 0.15) is 21.7 Å². The lowest BCUT2D eigenvalue weighted by Crippen LogP contribution is -2.16. The third kappa shape index (κ3) is 2.71. The van der Waals surface area contributed by atoms with E-state index < -0.39 is 15.9 Å². The van der Waals surface area contributed by atoms with Crippen LogP contribution in [-0.4, -0.2) is 28.1 Å². The molecule has 26 heavy (non-hydrogen) atoms. The van der Waals surface area contributed by atoms with Crippen molar-refractivity contribution in [3.8, 4) is 0 Å². The van der Waals surface area contributed by atoms with Gasteiger partial charge in [-0.15, -0.1) is 0 Å². The summed E-state index contributed by atoms with van der Waals surface area (Å²) in [5, 5.41) is 10.1. The fourth-order valence-corrected chi connectivity index (χ4v) is 4.44. The molecule has 1 aromatic carbocycles. The Kier molecular flexibility index (Phi) is 3.89. The SMILES string of the molecule is Cn1nccc1CNCc1ccc2c(c1)NC(=O)c1cccn1S2(=O)=O. The number of aryl methyl sites for hydroxylation is 1. The van der Waals surface area contributed by atoms with Crippen molar-refractivity contribution in [3.63, 3.8) is 0 Å². The summed E-state index contributed by atoms with van der Waals surface area (Å²) < 4.78 is 28.4. The second kappa shape index (κ2) is 6.11. The third-order valence-corrected chi connectivity index (χ3v) is 6.08. The van der Waals surface area contributed by atoms with Crippen LogP contribution in [0.5, 0.6) is 0 Å². The van der Waals surface area contributed by atoms with Crippen LogP contribution in [0.3, 0.4) is 0 Å². The van der Waals surface area contributed by atoms with Crippen molar-refractivity contribution < 1.29 is 13.2 Å². The highest BCUT2D eigenvalue weighted by Crippen LogP contribution is 2.29. The van der Waals surface area contributed by atoms with E-state index in [1.165, 1.54) is 24.4 Å². The summed E-state index contributed by atoms with van der Waals surface area (Å²) in [4.78, 5) is 12.4. The van der Waals surface area contributed by atoms with Gasteiger partial charge in [-0.1, -0.05) is 6.07 Å². The lowest BCUT2D eigenvalue weighted by molar-refractivity contribution is 0.102. The number of hydrogen-bond donors (Lipinski definition) is 2. The molecule has 8 nitrogen and oxygen atoms in total. The van der Waals surface area contributed by atoms with Crippen LogP contribution in [0.15, 0.2) is 53.7 Å². The Morgan fingerprint density at radius 3 is 2.81 bits per heavy atom. The maximum atomic E-state index is 12.8. The van der Waals surface area contributed by atoms with Gasteiger partial charge in [-0.25, -0.2) is 12.4 Å². The van der Waals surface area contributed by atoms with Crippen LogP contribution in [0.25, 0.3) is 0 Å². The summed E-state index contributed by atoms with van der Waals surface area (Å²) in [6.07, 6.45) is 3.11. The molecule has 0 fully saturated rings. The summed E-state index contributed by atoms with van der Waals surface area (Å²) in [6, 6.07) is 9.90. The minimum Gasteiger partial charge on any atom is -0.319 e. The molecule has 0 aliphatic carbocycles. The van der Waals surface area contributed by atoms with E-state index in [0.717, 1.165) is 15.2 Å². The van der Waals surface area contributed by atoms with Gasteiger partial charge in [-0.2, -0.15) is 5.10 Å². The Hall–Kier alpha value is -2.91. The van der Waals surface area contributed by atoms with Gasteiger partial charge in [0.15, 0.2) is 0 Å². The molecule has 0 bridgehead atoms. The number of nitrogens with zero attached hydrogens (tertiary/aromatic N) is 3. The molecule has 3 heterocycles. The lowest BCUT2D eigenvalue weighted by Gasteiger charge is -2.11. The maximum absolute atomic E-state index is 12.8. The van der Waals surface area contributed by atoms with E-state index in [2.05, 4.69) is 15.7 Å². The van der Waals surface area contributed by atoms with Gasteiger partial charge in [0.25, 0.3) is 15.9 Å². The van der Waals surface area contributed by atoms with Gasteiger partial charge < -0.3 is 10.6 Å². The molecular formula is C17H17N5O3S. The number of hydrogen-bond acceptors (Lipinski definition) is 5. The molecule has 2 aromatic heterocycles. The molecule has 0 saturated heterocycles. The Morgan fingerprint density at radius 1 is 1.19 bits per heavy atom. The molecule has 0 unspecified atom stereocenters. The van der Waals surface area contributed by atoms with Crippen molar-refractivity contribution in [2.24, 2.45) is 7.05 Å². The normalized spacial score (nSPS) is 15.0. The molecular weight excluding hydrogens is 354 g/mol. The zero-order valence-corrected chi connectivity index (χ0v) is 14.8. The van der Waals surface area contributed by atoms with Crippen LogP contribution in [0.4, 0.5) is 5.69 Å². The van der Waals surface area contributed by atoms with Crippen LogP contribution < -0.4 is 10.6 Å². The number of fused-ring (bicyclic) bond motifs is 2. The number of rotatable bonds is 4. The molecule has 3 aromatic rings. The summed E-state index contributed by atoms with van der Waals surface area (Å²) in [5.74, 6) is -0.447. The molecule has 134 valence electrons. The fourth-order valence-electron chi connectivity index (χ4n) is 2.96. The predicted octanol–water partition coefficient (Wildman–Crippen LogP) is 1.31. The third-order valence-electron chi connectivity index (χ3n) is 4.33. The van der Waals surface area contributed by atoms with E-state index >= 15 is 0 Å². The van der Waals surface area contributed by atoms with E-state index in [0.29, 0.717) is 18.8 Å². The first-order valence-corrected chi connectivity index (χ1v) is 9.45. The number of benzene rings is 1. The average Bonchev–Trinajstić information content (AvgIpc) is 3.23. The summed E-state index contributed by atoms with van der Waals surface area (Å²) in [5.41, 5.74) is 2.29. The first kappa shape index (κ1) is 16.6. The standard InChI is InChI=1S/C17H17N5O3S/c1-21-13(6-7-19-21)11-18-10-12-4-5-16-14(9-12)20-17(23)15-3-2-8-22(15)26(16,24)25/h2-9,18H,10-11H2,1H3,(H,20,23). The van der Waals surface area contributed by atoms with Crippen LogP contribution >= 0.6 is 0 Å². The number of aromatic nitrogens is 3. The number of carbonyl (C=O) groups excluding carboxylic acids is 1. The molecule has 2 N–H and O–H groups in total. The fraction of sp³-hybridized carbons (Fsp3) is 0.176. The molecule has 1 aliphatic rings. The van der Waals surface area contributed by atoms with Gasteiger partial charge in [0.2, 0.25) is 0 Å². The number of nitrogens with one attached hydrogen (secondary N) is 2. The highest BCUT2D eigenvalue weighted by atomic mass is 32.2. The van der Waals surface area contributed by atoms with E-state index in [-0.39, 0.29) is 10.6 Å². The molecule has 0 spiro atoms. The van der Waals surface area contributed by atoms with E-state index in [4.69, 9.17) is 0 Å². The minimum absolute atomic E-state index is 0.0798. The smallest absolute Gasteiger partial charge is 0.273 e. The highest BCUT2D eigenvalue weighted by Gasteiger charge is 2.29. The molecule has 0 radical (unpaired) electrons. The van der Waals surface area contributed by atoms with Gasteiger partial charge in [0, 0.05) is 32.5 Å². The van der Waals surface area contributed by atoms with Crippen molar-refractivity contribution in [3.05, 3.63) is 65.7 Å². The predicted molar refractivity (Wildman–Crippen MR) is 95.2 cm³/mol. The van der Waals surface area contributed by atoms with Crippen molar-refractivity contribution in [1.29, 1.82) is 0 Å². The number of anilines is 1. The van der Waals surface area contributed by atoms with Crippen molar-refractivity contribution >= 4 is 21.6 Å². The van der Waals surface area contributed by atoms with Crippen LogP contribution in [-0.2, 0) is 30.2 Å². The maximum Gasteiger partial charge on any atom is 0.273 e. The molecule has 0 saturated carbocycles. The van der Waals surface area contributed by atoms with Crippen molar-refractivity contribution in [1.82, 2.24) is 19.1 Å². The second-order valence-corrected chi connectivity index (χ2v) is 7.81. The number of carbonyl (C=O) groups is 1. The van der Waals surface area contributed by atoms with Gasteiger partial charge in [-0.3, -0.25) is 9.48 Å². The van der Waals surface area contributed by atoms with E-state index in [1.54, 1.807) is 23.0 Å². The average molecular weight is 371 g/mol. The zero-order valence-electron chi connectivity index (χ0n) is 14.0. The Bertz CT molecular complexity index is 1100. The first-order chi connectivity index (χ1) is 12.5. The topological polar surface area (TPSA) is 98.0 Å². The lowest BCUT2D eigenvalue weighted by atomic mass is 10.2. The van der Waals surface area contributed by atoms with Gasteiger partial charge >= 0.3 is 0 Å². The van der Waals surface area contributed by atoms with Gasteiger partial charge in [0.05, 0.1) is 11.4 Å². The molecule has 9 heteroatoms. The number of amides is 1.